The fourth-order valence-corrected chi connectivity index (χ4v) is 1.94. The zero-order chi connectivity index (χ0) is 13.5. The van der Waals surface area contributed by atoms with E-state index < -0.39 is 0 Å². The predicted octanol–water partition coefficient (Wildman–Crippen LogP) is 4.05. The summed E-state index contributed by atoms with van der Waals surface area (Å²) in [5.41, 5.74) is 1.50. The van der Waals surface area contributed by atoms with E-state index in [2.05, 4.69) is 15.9 Å². The van der Waals surface area contributed by atoms with Gasteiger partial charge in [-0.2, -0.15) is 18.2 Å². The zero-order valence-electron chi connectivity index (χ0n) is 10.6. The first-order valence-corrected chi connectivity index (χ1v) is 6.75. The van der Waals surface area contributed by atoms with E-state index in [9.17, 15) is 5.11 Å². The molecule has 0 fully saturated rings. The van der Waals surface area contributed by atoms with E-state index in [4.69, 9.17) is 0 Å². The summed E-state index contributed by atoms with van der Waals surface area (Å²) >= 11 is 3.28. The van der Waals surface area contributed by atoms with Crippen LogP contribution in [0.3, 0.4) is 0 Å². The SMILES string of the molecule is Brc1ccc[cH-]1.[Fe+2].[O-]C(=C1C=CC=C1)c1ccccc1. The number of benzene rings is 1. The Morgan fingerprint density at radius 1 is 0.950 bits per heavy atom. The van der Waals surface area contributed by atoms with Crippen LogP contribution in [0.2, 0.25) is 0 Å². The molecule has 0 amide bonds. The summed E-state index contributed by atoms with van der Waals surface area (Å²) in [6.45, 7) is 0. The van der Waals surface area contributed by atoms with Crippen LogP contribution in [0.1, 0.15) is 5.56 Å². The molecule has 0 aliphatic heterocycles. The van der Waals surface area contributed by atoms with Crippen LogP contribution in [0.4, 0.5) is 0 Å². The smallest absolute Gasteiger partial charge is 0.872 e. The second-order valence-electron chi connectivity index (χ2n) is 3.97. The molecule has 20 heavy (non-hydrogen) atoms. The molecule has 0 saturated heterocycles. The van der Waals surface area contributed by atoms with Crippen molar-refractivity contribution in [1.82, 2.24) is 0 Å². The summed E-state index contributed by atoms with van der Waals surface area (Å²) in [5.74, 6) is 0.0885. The summed E-state index contributed by atoms with van der Waals surface area (Å²) in [6.07, 6.45) is 7.40. The second kappa shape index (κ2) is 8.70. The minimum Gasteiger partial charge on any atom is -0.872 e. The van der Waals surface area contributed by atoms with Crippen molar-refractivity contribution in [3.8, 4) is 0 Å². The summed E-state index contributed by atoms with van der Waals surface area (Å²) < 4.78 is 1.16. The third kappa shape index (κ3) is 4.93. The van der Waals surface area contributed by atoms with Gasteiger partial charge < -0.3 is 5.11 Å². The predicted molar refractivity (Wildman–Crippen MR) is 81.4 cm³/mol. The quantitative estimate of drug-likeness (QED) is 0.423. The second-order valence-corrected chi connectivity index (χ2v) is 4.89. The number of hydrogen-bond donors (Lipinski definition) is 0. The number of halogens is 1. The average Bonchev–Trinajstić information content (AvgIpc) is 3.12. The largest absolute Gasteiger partial charge is 2.00 e. The molecule has 0 N–H and O–H groups in total. The molecule has 1 aliphatic carbocycles. The number of allylic oxidation sites excluding steroid dienone is 5. The molecular weight excluding hydrogens is 356 g/mol. The molecular formula is C17H13BrFeO. The first kappa shape index (κ1) is 16.6. The molecule has 0 radical (unpaired) electrons. The van der Waals surface area contributed by atoms with Gasteiger partial charge in [-0.1, -0.05) is 76.3 Å². The van der Waals surface area contributed by atoms with Crippen molar-refractivity contribution in [1.29, 1.82) is 0 Å². The molecule has 0 aromatic heterocycles. The molecule has 0 unspecified atom stereocenters. The molecule has 2 aromatic carbocycles. The third-order valence-corrected chi connectivity index (χ3v) is 3.11. The van der Waals surface area contributed by atoms with Gasteiger partial charge in [0.1, 0.15) is 0 Å². The van der Waals surface area contributed by atoms with Gasteiger partial charge in [-0.05, 0) is 11.1 Å². The number of rotatable bonds is 1. The van der Waals surface area contributed by atoms with E-state index in [0.717, 1.165) is 15.6 Å². The van der Waals surface area contributed by atoms with Gasteiger partial charge in [0.25, 0.3) is 0 Å². The van der Waals surface area contributed by atoms with Crippen molar-refractivity contribution >= 4 is 21.7 Å². The van der Waals surface area contributed by atoms with Gasteiger partial charge in [0.05, 0.1) is 0 Å². The van der Waals surface area contributed by atoms with Crippen LogP contribution < -0.4 is 5.11 Å². The van der Waals surface area contributed by atoms with Gasteiger partial charge >= 0.3 is 17.1 Å². The molecule has 0 spiro atoms. The summed E-state index contributed by atoms with van der Waals surface area (Å²) in [7, 11) is 0. The minimum atomic E-state index is 0. The van der Waals surface area contributed by atoms with E-state index in [0.29, 0.717) is 0 Å². The summed E-state index contributed by atoms with van der Waals surface area (Å²) in [4.78, 5) is 0. The topological polar surface area (TPSA) is 23.1 Å². The maximum Gasteiger partial charge on any atom is 2.00 e. The Labute approximate surface area is 138 Å². The molecule has 3 rings (SSSR count). The van der Waals surface area contributed by atoms with Gasteiger partial charge in [0.15, 0.2) is 0 Å². The van der Waals surface area contributed by atoms with Gasteiger partial charge in [0, 0.05) is 0 Å². The molecule has 1 nitrogen and oxygen atoms in total. The van der Waals surface area contributed by atoms with E-state index in [-0.39, 0.29) is 22.8 Å². The van der Waals surface area contributed by atoms with Gasteiger partial charge in [-0.15, -0.1) is 4.47 Å². The minimum absolute atomic E-state index is 0. The van der Waals surface area contributed by atoms with Gasteiger partial charge in [0.2, 0.25) is 0 Å². The van der Waals surface area contributed by atoms with Crippen LogP contribution in [0, 0.1) is 0 Å². The number of hydrogen-bond acceptors (Lipinski definition) is 1. The third-order valence-electron chi connectivity index (χ3n) is 2.58. The maximum absolute atomic E-state index is 11.7. The Kier molecular flexibility index (Phi) is 7.24. The standard InChI is InChI=1S/C12H10O.C5H4Br.Fe/c13-12(11-8-4-5-9-11)10-6-2-1-3-7-10;6-5-3-1-2-4-5;/h1-9,13H;1-4H;/q;-1;+2/p-1. The Morgan fingerprint density at radius 2 is 1.60 bits per heavy atom. The van der Waals surface area contributed by atoms with Crippen LogP contribution >= 0.6 is 15.9 Å². The van der Waals surface area contributed by atoms with Crippen LogP contribution in [-0.2, 0) is 17.1 Å². The first-order chi connectivity index (χ1) is 9.27. The molecule has 0 saturated carbocycles. The Bertz CT molecular complexity index is 581. The Morgan fingerprint density at radius 3 is 2.05 bits per heavy atom. The normalized spacial score (nSPS) is 11.6. The molecule has 0 heterocycles. The van der Waals surface area contributed by atoms with Crippen LogP contribution in [-0.4, -0.2) is 0 Å². The monoisotopic (exact) mass is 368 g/mol. The summed E-state index contributed by atoms with van der Waals surface area (Å²) in [5, 5.41) is 11.7. The van der Waals surface area contributed by atoms with Gasteiger partial charge in [-0.3, -0.25) is 0 Å². The molecule has 102 valence electrons. The van der Waals surface area contributed by atoms with E-state index in [1.165, 1.54) is 0 Å². The average molecular weight is 369 g/mol. The Balaban J connectivity index is 0.000000243. The van der Waals surface area contributed by atoms with Crippen molar-refractivity contribution < 1.29 is 22.2 Å². The summed E-state index contributed by atoms with van der Waals surface area (Å²) in [6, 6.07) is 17.3. The van der Waals surface area contributed by atoms with Crippen LogP contribution in [0.5, 0.6) is 0 Å². The van der Waals surface area contributed by atoms with Crippen molar-refractivity contribution in [2.24, 2.45) is 0 Å². The van der Waals surface area contributed by atoms with Crippen LogP contribution in [0.25, 0.3) is 5.76 Å². The molecule has 1 aliphatic rings. The fraction of sp³-hybridized carbons (Fsp3) is 0. The zero-order valence-corrected chi connectivity index (χ0v) is 13.3. The maximum atomic E-state index is 11.7. The van der Waals surface area contributed by atoms with Crippen molar-refractivity contribution in [2.75, 3.05) is 0 Å². The molecule has 3 heteroatoms. The van der Waals surface area contributed by atoms with Crippen molar-refractivity contribution in [2.45, 2.75) is 0 Å². The van der Waals surface area contributed by atoms with Crippen molar-refractivity contribution in [3.63, 3.8) is 0 Å². The van der Waals surface area contributed by atoms with Gasteiger partial charge in [-0.25, -0.2) is 6.07 Å². The van der Waals surface area contributed by atoms with E-state index in [1.54, 1.807) is 0 Å². The first-order valence-electron chi connectivity index (χ1n) is 5.96. The fourth-order valence-electron chi connectivity index (χ4n) is 1.63. The van der Waals surface area contributed by atoms with E-state index in [1.807, 2.05) is 78.9 Å². The molecule has 0 bridgehead atoms. The van der Waals surface area contributed by atoms with Crippen LogP contribution in [0.15, 0.2) is 88.9 Å². The van der Waals surface area contributed by atoms with Crippen molar-refractivity contribution in [3.05, 3.63) is 94.5 Å². The van der Waals surface area contributed by atoms with E-state index >= 15 is 0 Å². The molecule has 0 atom stereocenters. The Hall–Kier alpha value is -1.41. The molecule has 2 aromatic rings.